The minimum atomic E-state index is -0.389. The van der Waals surface area contributed by atoms with Crippen LogP contribution in [-0.2, 0) is 11.3 Å². The van der Waals surface area contributed by atoms with Crippen molar-refractivity contribution >= 4 is 32.6 Å². The first kappa shape index (κ1) is 13.6. The number of anilines is 1. The first-order chi connectivity index (χ1) is 10.1. The van der Waals surface area contributed by atoms with E-state index >= 15 is 0 Å². The highest BCUT2D eigenvalue weighted by molar-refractivity contribution is 7.22. The van der Waals surface area contributed by atoms with Crippen molar-refractivity contribution in [3.8, 4) is 0 Å². The first-order valence-corrected chi connectivity index (χ1v) is 7.13. The van der Waals surface area contributed by atoms with Crippen molar-refractivity contribution in [1.82, 2.24) is 19.7 Å². The minimum absolute atomic E-state index is 0.190. The zero-order chi connectivity index (χ0) is 14.8. The number of fused-ring (bicyclic) bond motifs is 1. The van der Waals surface area contributed by atoms with E-state index in [1.54, 1.807) is 30.1 Å². The third-order valence-corrected chi connectivity index (χ3v) is 3.91. The van der Waals surface area contributed by atoms with Crippen LogP contribution >= 0.6 is 11.3 Å². The summed E-state index contributed by atoms with van der Waals surface area (Å²) in [5, 5.41) is 7.06. The summed E-state index contributed by atoms with van der Waals surface area (Å²) in [5.41, 5.74) is 0.279. The number of nitrogens with zero attached hydrogens (tertiary/aromatic N) is 4. The topological polar surface area (TPSA) is 72.7 Å². The number of hydrogen-bond donors (Lipinski definition) is 1. The Bertz CT molecular complexity index is 770. The first-order valence-electron chi connectivity index (χ1n) is 6.32. The lowest BCUT2D eigenvalue weighted by molar-refractivity contribution is -0.119. The summed E-state index contributed by atoms with van der Waals surface area (Å²) in [7, 11) is 0. The number of amides is 1. The molecule has 1 atom stereocenters. The zero-order valence-electron chi connectivity index (χ0n) is 11.2. The molecule has 0 aliphatic carbocycles. The quantitative estimate of drug-likeness (QED) is 0.802. The summed E-state index contributed by atoms with van der Waals surface area (Å²) in [6.07, 6.45) is 2.97. The third kappa shape index (κ3) is 2.89. The van der Waals surface area contributed by atoms with E-state index in [9.17, 15) is 9.18 Å². The molecule has 0 bridgehead atoms. The van der Waals surface area contributed by atoms with Crippen molar-refractivity contribution in [3.63, 3.8) is 0 Å². The van der Waals surface area contributed by atoms with Crippen LogP contribution in [0.2, 0.25) is 0 Å². The molecule has 0 aliphatic rings. The van der Waals surface area contributed by atoms with Gasteiger partial charge in [-0.1, -0.05) is 24.3 Å². The van der Waals surface area contributed by atoms with Gasteiger partial charge < -0.3 is 5.32 Å². The molecule has 0 saturated heterocycles. The van der Waals surface area contributed by atoms with E-state index in [0.717, 1.165) is 0 Å². The summed E-state index contributed by atoms with van der Waals surface area (Å²) >= 11 is 1.25. The number of benzene rings is 1. The highest BCUT2D eigenvalue weighted by Crippen LogP contribution is 2.27. The van der Waals surface area contributed by atoms with Gasteiger partial charge >= 0.3 is 0 Å². The molecular formula is C13H12FN5OS. The van der Waals surface area contributed by atoms with Crippen LogP contribution in [0, 0.1) is 11.7 Å². The second kappa shape index (κ2) is 5.57. The summed E-state index contributed by atoms with van der Waals surface area (Å²) in [4.78, 5) is 20.0. The number of carbonyl (C=O) groups excluding carboxylic acids is 1. The molecule has 6 nitrogen and oxygen atoms in total. The van der Waals surface area contributed by atoms with Gasteiger partial charge in [0.15, 0.2) is 5.13 Å². The maximum Gasteiger partial charge on any atom is 0.230 e. The van der Waals surface area contributed by atoms with E-state index in [0.29, 0.717) is 16.4 Å². The summed E-state index contributed by atoms with van der Waals surface area (Å²) < 4.78 is 15.8. The SMILES string of the molecule is CC(Cn1cncn1)C(=O)Nc1nc2c(F)cccc2s1. The van der Waals surface area contributed by atoms with Crippen LogP contribution in [0.3, 0.4) is 0 Å². The van der Waals surface area contributed by atoms with Gasteiger partial charge in [0.05, 0.1) is 17.2 Å². The lowest BCUT2D eigenvalue weighted by Crippen LogP contribution is -2.24. The summed E-state index contributed by atoms with van der Waals surface area (Å²) in [6, 6.07) is 4.74. The predicted molar refractivity (Wildman–Crippen MR) is 77.4 cm³/mol. The molecule has 0 saturated carbocycles. The van der Waals surface area contributed by atoms with Crippen molar-refractivity contribution < 1.29 is 9.18 Å². The Morgan fingerprint density at radius 3 is 3.10 bits per heavy atom. The van der Waals surface area contributed by atoms with Crippen molar-refractivity contribution in [1.29, 1.82) is 0 Å². The van der Waals surface area contributed by atoms with Gasteiger partial charge in [-0.2, -0.15) is 5.10 Å². The van der Waals surface area contributed by atoms with E-state index in [4.69, 9.17) is 0 Å². The lowest BCUT2D eigenvalue weighted by atomic mass is 10.2. The van der Waals surface area contributed by atoms with Gasteiger partial charge in [-0.25, -0.2) is 14.4 Å². The predicted octanol–water partition coefficient (Wildman–Crippen LogP) is 2.30. The van der Waals surface area contributed by atoms with Crippen molar-refractivity contribution in [2.45, 2.75) is 13.5 Å². The molecule has 2 aromatic heterocycles. The van der Waals surface area contributed by atoms with Gasteiger partial charge in [-0.3, -0.25) is 9.48 Å². The highest BCUT2D eigenvalue weighted by atomic mass is 32.1. The molecule has 108 valence electrons. The van der Waals surface area contributed by atoms with Crippen LogP contribution in [0.1, 0.15) is 6.92 Å². The minimum Gasteiger partial charge on any atom is -0.302 e. The number of aromatic nitrogens is 4. The second-order valence-electron chi connectivity index (χ2n) is 4.61. The number of rotatable bonds is 4. The molecule has 3 rings (SSSR count). The smallest absolute Gasteiger partial charge is 0.230 e. The largest absolute Gasteiger partial charge is 0.302 e. The van der Waals surface area contributed by atoms with Crippen molar-refractivity contribution in [2.75, 3.05) is 5.32 Å². The summed E-state index contributed by atoms with van der Waals surface area (Å²) in [6.45, 7) is 2.20. The molecule has 2 heterocycles. The number of thiazole rings is 1. The van der Waals surface area contributed by atoms with Crippen LogP contribution in [0.15, 0.2) is 30.9 Å². The average Bonchev–Trinajstić information content (AvgIpc) is 3.08. The molecule has 21 heavy (non-hydrogen) atoms. The van der Waals surface area contributed by atoms with Crippen LogP contribution in [0.4, 0.5) is 9.52 Å². The Hall–Kier alpha value is -2.35. The normalized spacial score (nSPS) is 12.5. The fourth-order valence-corrected chi connectivity index (χ4v) is 2.77. The fraction of sp³-hybridized carbons (Fsp3) is 0.231. The molecular weight excluding hydrogens is 293 g/mol. The van der Waals surface area contributed by atoms with Crippen molar-refractivity contribution in [3.05, 3.63) is 36.7 Å². The molecule has 0 spiro atoms. The van der Waals surface area contributed by atoms with Crippen LogP contribution in [0.25, 0.3) is 10.2 Å². The second-order valence-corrected chi connectivity index (χ2v) is 5.64. The van der Waals surface area contributed by atoms with E-state index in [1.165, 1.54) is 23.7 Å². The number of carbonyl (C=O) groups is 1. The standard InChI is InChI=1S/C13H12FN5OS/c1-8(5-19-7-15-6-16-19)12(20)18-13-17-11-9(14)3-2-4-10(11)21-13/h2-4,6-8H,5H2,1H3,(H,17,18,20). The van der Waals surface area contributed by atoms with E-state index in [-0.39, 0.29) is 23.2 Å². The van der Waals surface area contributed by atoms with Gasteiger partial charge in [0, 0.05) is 0 Å². The third-order valence-electron chi connectivity index (χ3n) is 2.97. The van der Waals surface area contributed by atoms with Crippen LogP contribution in [-0.4, -0.2) is 25.7 Å². The number of hydrogen-bond acceptors (Lipinski definition) is 5. The van der Waals surface area contributed by atoms with Gasteiger partial charge in [0.25, 0.3) is 0 Å². The number of nitrogens with one attached hydrogen (secondary N) is 1. The maximum atomic E-state index is 13.6. The molecule has 1 N–H and O–H groups in total. The molecule has 1 amide bonds. The Morgan fingerprint density at radius 2 is 2.38 bits per heavy atom. The number of para-hydroxylation sites is 1. The number of halogens is 1. The molecule has 0 radical (unpaired) electrons. The van der Waals surface area contributed by atoms with E-state index in [1.807, 2.05) is 0 Å². The molecule has 1 unspecified atom stereocenters. The van der Waals surface area contributed by atoms with Crippen LogP contribution in [0.5, 0.6) is 0 Å². The Balaban J connectivity index is 1.72. The average molecular weight is 305 g/mol. The van der Waals surface area contributed by atoms with E-state index < -0.39 is 0 Å². The molecule has 8 heteroatoms. The van der Waals surface area contributed by atoms with Crippen LogP contribution < -0.4 is 5.32 Å². The Morgan fingerprint density at radius 1 is 1.52 bits per heavy atom. The zero-order valence-corrected chi connectivity index (χ0v) is 12.0. The monoisotopic (exact) mass is 305 g/mol. The van der Waals surface area contributed by atoms with E-state index in [2.05, 4.69) is 20.4 Å². The molecule has 0 aliphatic heterocycles. The van der Waals surface area contributed by atoms with Gasteiger partial charge in [-0.05, 0) is 12.1 Å². The highest BCUT2D eigenvalue weighted by Gasteiger charge is 2.16. The Labute approximate surface area is 123 Å². The fourth-order valence-electron chi connectivity index (χ4n) is 1.89. The molecule has 0 fully saturated rings. The maximum absolute atomic E-state index is 13.6. The Kier molecular flexibility index (Phi) is 3.61. The summed E-state index contributed by atoms with van der Waals surface area (Å²) in [5.74, 6) is -0.881. The molecule has 3 aromatic rings. The van der Waals surface area contributed by atoms with Crippen molar-refractivity contribution in [2.24, 2.45) is 5.92 Å². The molecule has 1 aromatic carbocycles. The lowest BCUT2D eigenvalue weighted by Gasteiger charge is -2.09. The van der Waals surface area contributed by atoms with Gasteiger partial charge in [-0.15, -0.1) is 0 Å². The van der Waals surface area contributed by atoms with Gasteiger partial charge in [0.2, 0.25) is 5.91 Å². The van der Waals surface area contributed by atoms with Gasteiger partial charge in [0.1, 0.15) is 24.0 Å².